The van der Waals surface area contributed by atoms with Gasteiger partial charge in [-0.15, -0.1) is 0 Å². The van der Waals surface area contributed by atoms with Crippen molar-refractivity contribution in [3.63, 3.8) is 0 Å². The first-order valence-corrected chi connectivity index (χ1v) is 16.1. The number of nitrogens with one attached hydrogen (secondary N) is 2. The monoisotopic (exact) mass is 600 g/mol. The van der Waals surface area contributed by atoms with Gasteiger partial charge in [-0.2, -0.15) is 0 Å². The van der Waals surface area contributed by atoms with Gasteiger partial charge in [-0.3, -0.25) is 14.4 Å². The number of carbonyl (C=O) groups excluding carboxylic acids is 2. The molecule has 43 heavy (non-hydrogen) atoms. The first kappa shape index (κ1) is 30.2. The minimum atomic E-state index is -0.835. The van der Waals surface area contributed by atoms with Crippen LogP contribution in [0.4, 0.5) is 4.39 Å². The summed E-state index contributed by atoms with van der Waals surface area (Å²) in [7, 11) is 0. The zero-order valence-electron chi connectivity index (χ0n) is 25.3. The lowest BCUT2D eigenvalue weighted by molar-refractivity contribution is -0.150. The minimum Gasteiger partial charge on any atom is -0.487 e. The molecule has 1 saturated heterocycles. The van der Waals surface area contributed by atoms with E-state index in [1.165, 1.54) is 18.6 Å². The Bertz CT molecular complexity index is 1240. The second-order valence-corrected chi connectivity index (χ2v) is 14.3. The Morgan fingerprint density at radius 3 is 2.35 bits per heavy atom. The van der Waals surface area contributed by atoms with Crippen molar-refractivity contribution >= 4 is 17.8 Å². The summed E-state index contributed by atoms with van der Waals surface area (Å²) >= 11 is 0. The van der Waals surface area contributed by atoms with E-state index < -0.39 is 23.1 Å². The SMILES string of the molecule is CC1(CNC(=O)[C@H]2[C@@H]3CC[C@@H](C3)[C@H]2NC(=O)c2cc(OC3CCC(C)(C(=O)O)CC3)c(F)cc2O[C@H]2CCOC2)CCC1. The quantitative estimate of drug-likeness (QED) is 0.351. The van der Waals surface area contributed by atoms with Crippen molar-refractivity contribution < 1.29 is 38.1 Å². The van der Waals surface area contributed by atoms with Crippen LogP contribution in [0.5, 0.6) is 11.5 Å². The molecule has 0 radical (unpaired) electrons. The molecule has 2 bridgehead atoms. The molecule has 5 atom stereocenters. The van der Waals surface area contributed by atoms with E-state index in [0.29, 0.717) is 51.9 Å². The maximum absolute atomic E-state index is 15.4. The second kappa shape index (κ2) is 11.9. The molecule has 0 unspecified atom stereocenters. The largest absolute Gasteiger partial charge is 0.487 e. The Kier molecular flexibility index (Phi) is 8.35. The molecule has 6 rings (SSSR count). The zero-order chi connectivity index (χ0) is 30.4. The van der Waals surface area contributed by atoms with Gasteiger partial charge >= 0.3 is 5.97 Å². The van der Waals surface area contributed by atoms with Crippen molar-refractivity contribution in [2.75, 3.05) is 19.8 Å². The molecule has 3 N–H and O–H groups in total. The van der Waals surface area contributed by atoms with E-state index in [-0.39, 0.29) is 64.4 Å². The highest BCUT2D eigenvalue weighted by Gasteiger charge is 2.52. The number of carboxylic acid groups (broad SMARTS) is 1. The van der Waals surface area contributed by atoms with Crippen molar-refractivity contribution in [3.8, 4) is 11.5 Å². The number of carboxylic acids is 1. The summed E-state index contributed by atoms with van der Waals surface area (Å²) in [5.41, 5.74) is -0.487. The van der Waals surface area contributed by atoms with E-state index >= 15 is 4.39 Å². The molecule has 0 aromatic heterocycles. The lowest BCUT2D eigenvalue weighted by Crippen LogP contribution is -2.51. The van der Waals surface area contributed by atoms with Gasteiger partial charge < -0.3 is 30.0 Å². The van der Waals surface area contributed by atoms with Crippen LogP contribution in [0, 0.1) is 34.4 Å². The fourth-order valence-corrected chi connectivity index (χ4v) is 7.91. The Balaban J connectivity index is 1.20. The molecule has 1 aromatic carbocycles. The summed E-state index contributed by atoms with van der Waals surface area (Å²) in [6.45, 7) is 5.49. The van der Waals surface area contributed by atoms with Gasteiger partial charge in [0, 0.05) is 25.1 Å². The molecule has 10 heteroatoms. The third kappa shape index (κ3) is 6.22. The molecular formula is C33H45FN2O7. The van der Waals surface area contributed by atoms with Crippen LogP contribution < -0.4 is 20.1 Å². The Hall–Kier alpha value is -2.88. The normalized spacial score (nSPS) is 34.3. The first-order valence-electron chi connectivity index (χ1n) is 16.1. The molecule has 1 aliphatic heterocycles. The van der Waals surface area contributed by atoms with Crippen molar-refractivity contribution in [2.24, 2.45) is 28.6 Å². The number of carbonyl (C=O) groups is 3. The maximum atomic E-state index is 15.4. The molecule has 5 aliphatic rings. The van der Waals surface area contributed by atoms with E-state index in [2.05, 4.69) is 17.6 Å². The molecule has 4 aliphatic carbocycles. The summed E-state index contributed by atoms with van der Waals surface area (Å²) in [5.74, 6) is -1.63. The number of hydrogen-bond donors (Lipinski definition) is 3. The highest BCUT2D eigenvalue weighted by Crippen LogP contribution is 2.49. The molecule has 9 nitrogen and oxygen atoms in total. The third-order valence-electron chi connectivity index (χ3n) is 11.1. The van der Waals surface area contributed by atoms with Crippen molar-refractivity contribution in [3.05, 3.63) is 23.5 Å². The van der Waals surface area contributed by atoms with Gasteiger partial charge in [-0.05, 0) is 88.0 Å². The molecular weight excluding hydrogens is 555 g/mol. The number of benzene rings is 1. The van der Waals surface area contributed by atoms with Gasteiger partial charge in [0.1, 0.15) is 11.9 Å². The average molecular weight is 601 g/mol. The standard InChI is InChI=1S/C33H45FN2O7/c1-32(9-3-10-32)18-35-30(38)27-19-4-5-20(14-19)28(27)36-29(37)23-15-26(24(34)16-25(23)43-22-8-13-41-17-22)42-21-6-11-33(2,12-7-21)31(39)40/h15-16,19-22,27-28H,3-14,17-18H2,1-2H3,(H,35,38)(H,36,37)(H,39,40)/t19-,20+,21?,22+,27+,28-,33?/m1/s1. The van der Waals surface area contributed by atoms with Gasteiger partial charge in [0.05, 0.1) is 36.2 Å². The number of fused-ring (bicyclic) bond motifs is 2. The highest BCUT2D eigenvalue weighted by atomic mass is 19.1. The van der Waals surface area contributed by atoms with Crippen LogP contribution in [-0.4, -0.2) is 60.9 Å². The lowest BCUT2D eigenvalue weighted by atomic mass is 9.70. The van der Waals surface area contributed by atoms with Crippen LogP contribution >= 0.6 is 0 Å². The van der Waals surface area contributed by atoms with Gasteiger partial charge in [-0.25, -0.2) is 4.39 Å². The fraction of sp³-hybridized carbons (Fsp3) is 0.727. The smallest absolute Gasteiger partial charge is 0.309 e. The summed E-state index contributed by atoms with van der Waals surface area (Å²) in [4.78, 5) is 39.0. The van der Waals surface area contributed by atoms with Crippen LogP contribution in [-0.2, 0) is 14.3 Å². The van der Waals surface area contributed by atoms with E-state index in [1.54, 1.807) is 6.92 Å². The molecule has 0 spiro atoms. The molecule has 5 fully saturated rings. The zero-order valence-corrected chi connectivity index (χ0v) is 25.3. The highest BCUT2D eigenvalue weighted by molar-refractivity contribution is 5.98. The average Bonchev–Trinajstić information content (AvgIpc) is 3.72. The van der Waals surface area contributed by atoms with Crippen molar-refractivity contribution in [2.45, 2.75) is 103 Å². The molecule has 4 saturated carbocycles. The van der Waals surface area contributed by atoms with Crippen molar-refractivity contribution in [1.82, 2.24) is 10.6 Å². The topological polar surface area (TPSA) is 123 Å². The number of hydrogen-bond acceptors (Lipinski definition) is 6. The maximum Gasteiger partial charge on any atom is 0.309 e. The Morgan fingerprint density at radius 2 is 1.70 bits per heavy atom. The second-order valence-electron chi connectivity index (χ2n) is 14.3. The van der Waals surface area contributed by atoms with Crippen LogP contribution in [0.25, 0.3) is 0 Å². The van der Waals surface area contributed by atoms with Crippen molar-refractivity contribution in [1.29, 1.82) is 0 Å². The van der Waals surface area contributed by atoms with Crippen LogP contribution in [0.2, 0.25) is 0 Å². The molecule has 1 heterocycles. The van der Waals surface area contributed by atoms with E-state index in [9.17, 15) is 19.5 Å². The fourth-order valence-electron chi connectivity index (χ4n) is 7.91. The van der Waals surface area contributed by atoms with Crippen LogP contribution in [0.15, 0.2) is 12.1 Å². The van der Waals surface area contributed by atoms with E-state index in [0.717, 1.165) is 32.1 Å². The van der Waals surface area contributed by atoms with Gasteiger partial charge in [-0.1, -0.05) is 13.3 Å². The summed E-state index contributed by atoms with van der Waals surface area (Å²) in [5, 5.41) is 15.9. The minimum absolute atomic E-state index is 0.0130. The van der Waals surface area contributed by atoms with Gasteiger partial charge in [0.15, 0.2) is 11.6 Å². The summed E-state index contributed by atoms with van der Waals surface area (Å²) < 4.78 is 32.9. The number of aliphatic carboxylic acids is 1. The van der Waals surface area contributed by atoms with Gasteiger partial charge in [0.25, 0.3) is 5.91 Å². The van der Waals surface area contributed by atoms with Crippen LogP contribution in [0.3, 0.4) is 0 Å². The molecule has 236 valence electrons. The van der Waals surface area contributed by atoms with E-state index in [1.807, 2.05) is 0 Å². The predicted molar refractivity (Wildman–Crippen MR) is 155 cm³/mol. The van der Waals surface area contributed by atoms with Crippen LogP contribution in [0.1, 0.15) is 94.8 Å². The molecule has 2 amide bonds. The number of ether oxygens (including phenoxy) is 3. The summed E-state index contributed by atoms with van der Waals surface area (Å²) in [6, 6.07) is 2.31. The predicted octanol–water partition coefficient (Wildman–Crippen LogP) is 4.86. The number of halogens is 1. The first-order chi connectivity index (χ1) is 20.5. The summed E-state index contributed by atoms with van der Waals surface area (Å²) in [6.07, 6.45) is 8.09. The van der Waals surface area contributed by atoms with E-state index in [4.69, 9.17) is 14.2 Å². The van der Waals surface area contributed by atoms with Gasteiger partial charge in [0.2, 0.25) is 5.91 Å². The Labute approximate surface area is 252 Å². The number of rotatable bonds is 10. The number of amides is 2. The lowest BCUT2D eigenvalue weighted by Gasteiger charge is -2.39. The Morgan fingerprint density at radius 1 is 0.977 bits per heavy atom. The molecule has 1 aromatic rings. The third-order valence-corrected chi connectivity index (χ3v) is 11.1.